The molecule has 1 aromatic heterocycles. The van der Waals surface area contributed by atoms with Gasteiger partial charge in [0.1, 0.15) is 0 Å². The third kappa shape index (κ3) is 6.80. The standard InChI is InChI=1S/C50H39N/c1-50(2,47-22-7-4-8-23-47)48-27-25-37(26-28-48)38-16-11-19-41(30-38)45-33-44(36-14-5-3-6-15-36)34-46(35-45)42-20-12-17-39(31-42)40-18-13-21-43(32-40)49-24-9-10-29-51-49/h3-35H,1-2H3. The van der Waals surface area contributed by atoms with Crippen molar-refractivity contribution in [1.82, 2.24) is 4.98 Å². The summed E-state index contributed by atoms with van der Waals surface area (Å²) in [6, 6.07) is 70.0. The Balaban J connectivity index is 1.16. The van der Waals surface area contributed by atoms with Crippen molar-refractivity contribution in [2.45, 2.75) is 19.3 Å². The van der Waals surface area contributed by atoms with E-state index < -0.39 is 0 Å². The summed E-state index contributed by atoms with van der Waals surface area (Å²) < 4.78 is 0. The van der Waals surface area contributed by atoms with E-state index in [-0.39, 0.29) is 5.41 Å². The van der Waals surface area contributed by atoms with Gasteiger partial charge in [-0.1, -0.05) is 159 Å². The molecule has 7 aromatic carbocycles. The molecule has 1 heterocycles. The van der Waals surface area contributed by atoms with Crippen LogP contribution in [0.5, 0.6) is 0 Å². The van der Waals surface area contributed by atoms with Crippen LogP contribution in [0.4, 0.5) is 0 Å². The minimum atomic E-state index is -0.0743. The smallest absolute Gasteiger partial charge is 0.0702 e. The number of benzene rings is 7. The van der Waals surface area contributed by atoms with E-state index in [2.05, 4.69) is 201 Å². The van der Waals surface area contributed by atoms with Crippen molar-refractivity contribution in [3.63, 3.8) is 0 Å². The van der Waals surface area contributed by atoms with Crippen LogP contribution in [0.3, 0.4) is 0 Å². The molecule has 0 N–H and O–H groups in total. The third-order valence-corrected chi connectivity index (χ3v) is 10.0. The Morgan fingerprint density at radius 2 is 0.667 bits per heavy atom. The molecule has 244 valence electrons. The van der Waals surface area contributed by atoms with E-state index >= 15 is 0 Å². The van der Waals surface area contributed by atoms with Crippen molar-refractivity contribution in [1.29, 1.82) is 0 Å². The van der Waals surface area contributed by atoms with Crippen molar-refractivity contribution < 1.29 is 0 Å². The van der Waals surface area contributed by atoms with Crippen LogP contribution in [0.2, 0.25) is 0 Å². The van der Waals surface area contributed by atoms with Crippen LogP contribution < -0.4 is 0 Å². The molecule has 0 unspecified atom stereocenters. The first-order valence-corrected chi connectivity index (χ1v) is 17.6. The van der Waals surface area contributed by atoms with E-state index in [4.69, 9.17) is 0 Å². The van der Waals surface area contributed by atoms with Crippen LogP contribution in [-0.4, -0.2) is 4.98 Å². The molecule has 0 aliphatic rings. The lowest BCUT2D eigenvalue weighted by Crippen LogP contribution is -2.18. The van der Waals surface area contributed by atoms with Gasteiger partial charge in [0.15, 0.2) is 0 Å². The van der Waals surface area contributed by atoms with Gasteiger partial charge in [-0.05, 0) is 115 Å². The number of rotatable bonds is 8. The van der Waals surface area contributed by atoms with Gasteiger partial charge in [-0.3, -0.25) is 4.98 Å². The van der Waals surface area contributed by atoms with Crippen molar-refractivity contribution >= 4 is 0 Å². The predicted molar refractivity (Wildman–Crippen MR) is 215 cm³/mol. The summed E-state index contributed by atoms with van der Waals surface area (Å²) in [5, 5.41) is 0. The first-order valence-electron chi connectivity index (χ1n) is 17.6. The van der Waals surface area contributed by atoms with E-state index in [9.17, 15) is 0 Å². The zero-order valence-electron chi connectivity index (χ0n) is 29.0. The largest absolute Gasteiger partial charge is 0.256 e. The van der Waals surface area contributed by atoms with Crippen molar-refractivity contribution in [3.05, 3.63) is 211 Å². The fourth-order valence-corrected chi connectivity index (χ4v) is 7.01. The van der Waals surface area contributed by atoms with E-state index in [0.29, 0.717) is 0 Å². The van der Waals surface area contributed by atoms with E-state index in [1.54, 1.807) is 0 Å². The molecular formula is C50H39N. The lowest BCUT2D eigenvalue weighted by molar-refractivity contribution is 0.641. The monoisotopic (exact) mass is 653 g/mol. The van der Waals surface area contributed by atoms with E-state index in [1.807, 2.05) is 18.3 Å². The molecule has 1 heteroatoms. The molecule has 0 spiro atoms. The molecule has 0 fully saturated rings. The Morgan fingerprint density at radius 1 is 0.294 bits per heavy atom. The highest BCUT2D eigenvalue weighted by molar-refractivity contribution is 5.84. The number of hydrogen-bond donors (Lipinski definition) is 0. The normalized spacial score (nSPS) is 11.3. The van der Waals surface area contributed by atoms with Crippen LogP contribution in [0.15, 0.2) is 200 Å². The van der Waals surface area contributed by atoms with Gasteiger partial charge in [0.25, 0.3) is 0 Å². The topological polar surface area (TPSA) is 12.9 Å². The second kappa shape index (κ2) is 13.9. The third-order valence-electron chi connectivity index (χ3n) is 10.0. The van der Waals surface area contributed by atoms with Crippen molar-refractivity contribution in [2.24, 2.45) is 0 Å². The van der Waals surface area contributed by atoms with Gasteiger partial charge in [0.2, 0.25) is 0 Å². The number of nitrogens with zero attached hydrogens (tertiary/aromatic N) is 1. The molecule has 0 bridgehead atoms. The second-order valence-corrected chi connectivity index (χ2v) is 13.7. The van der Waals surface area contributed by atoms with Gasteiger partial charge in [0.05, 0.1) is 5.69 Å². The summed E-state index contributed by atoms with van der Waals surface area (Å²) in [6.45, 7) is 4.59. The molecule has 0 aliphatic heterocycles. The fraction of sp³-hybridized carbons (Fsp3) is 0.0600. The maximum Gasteiger partial charge on any atom is 0.0702 e. The lowest BCUT2D eigenvalue weighted by atomic mass is 9.78. The lowest BCUT2D eigenvalue weighted by Gasteiger charge is -2.26. The average Bonchev–Trinajstić information content (AvgIpc) is 3.22. The summed E-state index contributed by atoms with van der Waals surface area (Å²) >= 11 is 0. The summed E-state index contributed by atoms with van der Waals surface area (Å²) in [5.41, 5.74) is 16.6. The number of hydrogen-bond acceptors (Lipinski definition) is 1. The van der Waals surface area contributed by atoms with Crippen LogP contribution in [0.1, 0.15) is 25.0 Å². The summed E-state index contributed by atoms with van der Waals surface area (Å²) in [5.74, 6) is 0. The van der Waals surface area contributed by atoms with Gasteiger partial charge >= 0.3 is 0 Å². The van der Waals surface area contributed by atoms with Crippen molar-refractivity contribution in [3.8, 4) is 66.9 Å². The predicted octanol–water partition coefficient (Wildman–Crippen LogP) is 13.4. The molecule has 0 saturated carbocycles. The molecule has 0 radical (unpaired) electrons. The van der Waals surface area contributed by atoms with Crippen LogP contribution in [0.25, 0.3) is 66.9 Å². The molecule has 8 aromatic rings. The van der Waals surface area contributed by atoms with E-state index in [0.717, 1.165) is 11.3 Å². The highest BCUT2D eigenvalue weighted by Crippen LogP contribution is 2.37. The molecule has 0 saturated heterocycles. The summed E-state index contributed by atoms with van der Waals surface area (Å²) in [4.78, 5) is 4.58. The Hall–Kier alpha value is -6.31. The SMILES string of the molecule is CC(C)(c1ccccc1)c1ccc(-c2cccc(-c3cc(-c4ccccc4)cc(-c4cccc(-c5cccc(-c6ccccn6)c5)c4)c3)c2)cc1. The van der Waals surface area contributed by atoms with Crippen molar-refractivity contribution in [2.75, 3.05) is 0 Å². The Kier molecular flexibility index (Phi) is 8.70. The maximum absolute atomic E-state index is 4.58. The Labute approximate surface area is 301 Å². The van der Waals surface area contributed by atoms with Crippen LogP contribution in [-0.2, 0) is 5.41 Å². The highest BCUT2D eigenvalue weighted by Gasteiger charge is 2.22. The summed E-state index contributed by atoms with van der Waals surface area (Å²) in [7, 11) is 0. The average molecular weight is 654 g/mol. The van der Waals surface area contributed by atoms with Crippen LogP contribution in [0, 0.1) is 0 Å². The molecule has 51 heavy (non-hydrogen) atoms. The highest BCUT2D eigenvalue weighted by atomic mass is 14.7. The van der Waals surface area contributed by atoms with Crippen LogP contribution >= 0.6 is 0 Å². The first-order chi connectivity index (χ1) is 25.0. The Morgan fingerprint density at radius 3 is 1.22 bits per heavy atom. The molecule has 0 amide bonds. The zero-order chi connectivity index (χ0) is 34.6. The molecule has 8 rings (SSSR count). The Bertz CT molecular complexity index is 2410. The number of aromatic nitrogens is 1. The van der Waals surface area contributed by atoms with Gasteiger partial charge < -0.3 is 0 Å². The summed E-state index contributed by atoms with van der Waals surface area (Å²) in [6.07, 6.45) is 1.85. The maximum atomic E-state index is 4.58. The van der Waals surface area contributed by atoms with Gasteiger partial charge in [-0.2, -0.15) is 0 Å². The molecule has 0 atom stereocenters. The molecule has 1 nitrogen and oxygen atoms in total. The van der Waals surface area contributed by atoms with Gasteiger partial charge in [0, 0.05) is 17.2 Å². The molecular weight excluding hydrogens is 615 g/mol. The first kappa shape index (κ1) is 31.9. The molecule has 0 aliphatic carbocycles. The fourth-order valence-electron chi connectivity index (χ4n) is 7.01. The second-order valence-electron chi connectivity index (χ2n) is 13.7. The van der Waals surface area contributed by atoms with Gasteiger partial charge in [-0.25, -0.2) is 0 Å². The van der Waals surface area contributed by atoms with Gasteiger partial charge in [-0.15, -0.1) is 0 Å². The minimum absolute atomic E-state index is 0.0743. The number of pyridine rings is 1. The zero-order valence-corrected chi connectivity index (χ0v) is 29.0. The minimum Gasteiger partial charge on any atom is -0.256 e. The quantitative estimate of drug-likeness (QED) is 0.159. The van der Waals surface area contributed by atoms with E-state index in [1.165, 1.54) is 66.8 Å².